The second-order valence-corrected chi connectivity index (χ2v) is 4.53. The van der Waals surface area contributed by atoms with Crippen molar-refractivity contribution < 1.29 is 4.74 Å². The molecule has 0 aromatic heterocycles. The first-order valence-corrected chi connectivity index (χ1v) is 6.14. The monoisotopic (exact) mass is 235 g/mol. The quantitative estimate of drug-likeness (QED) is 0.787. The minimum Gasteiger partial charge on any atom is -0.490 e. The summed E-state index contributed by atoms with van der Waals surface area (Å²) in [4.78, 5) is 4.78. The minimum absolute atomic E-state index is 0.706. The van der Waals surface area contributed by atoms with Crippen molar-refractivity contribution in [1.29, 1.82) is 0 Å². The number of hydrogen-bond donors (Lipinski definition) is 1. The molecule has 1 heterocycles. The van der Waals surface area contributed by atoms with E-state index in [4.69, 9.17) is 10.5 Å². The first kappa shape index (κ1) is 12.2. The van der Waals surface area contributed by atoms with Gasteiger partial charge in [0.15, 0.2) is 0 Å². The van der Waals surface area contributed by atoms with Gasteiger partial charge in [0.25, 0.3) is 0 Å². The number of likely N-dealkylation sites (N-methyl/N-ethyl adjacent to an activating group) is 1. The van der Waals surface area contributed by atoms with Gasteiger partial charge in [-0.15, -0.1) is 0 Å². The topological polar surface area (TPSA) is 41.7 Å². The van der Waals surface area contributed by atoms with Crippen LogP contribution in [-0.2, 0) is 0 Å². The number of anilines is 1. The molecule has 2 N–H and O–H groups in total. The first-order valence-electron chi connectivity index (χ1n) is 6.14. The molecule has 1 saturated heterocycles. The average Bonchev–Trinajstić information content (AvgIpc) is 2.34. The number of para-hydroxylation sites is 2. The fourth-order valence-electron chi connectivity index (χ4n) is 1.97. The lowest BCUT2D eigenvalue weighted by Crippen LogP contribution is -2.45. The Morgan fingerprint density at radius 3 is 2.59 bits per heavy atom. The van der Waals surface area contributed by atoms with Crippen LogP contribution in [0.15, 0.2) is 24.3 Å². The number of nitrogens with two attached hydrogens (primary N) is 1. The molecular formula is C13H21N3O. The Bertz CT molecular complexity index is 348. The number of nitrogen functional groups attached to an aromatic ring is 1. The first-order chi connectivity index (χ1) is 8.25. The highest BCUT2D eigenvalue weighted by Crippen LogP contribution is 2.19. The molecule has 2 rings (SSSR count). The van der Waals surface area contributed by atoms with Gasteiger partial charge in [0.1, 0.15) is 12.4 Å². The normalized spacial score (nSPS) is 18.2. The van der Waals surface area contributed by atoms with E-state index in [1.54, 1.807) is 0 Å². The lowest BCUT2D eigenvalue weighted by molar-refractivity contribution is 0.134. The van der Waals surface area contributed by atoms with Crippen LogP contribution in [0.25, 0.3) is 0 Å². The van der Waals surface area contributed by atoms with Crippen LogP contribution in [0, 0.1) is 0 Å². The molecule has 1 aliphatic heterocycles. The number of nitrogens with zero attached hydrogens (tertiary/aromatic N) is 2. The maximum Gasteiger partial charge on any atom is 0.142 e. The van der Waals surface area contributed by atoms with E-state index in [1.165, 1.54) is 0 Å². The molecule has 94 valence electrons. The van der Waals surface area contributed by atoms with Gasteiger partial charge in [-0.05, 0) is 19.2 Å². The molecule has 1 aromatic carbocycles. The third kappa shape index (κ3) is 3.61. The van der Waals surface area contributed by atoms with Crippen LogP contribution < -0.4 is 10.5 Å². The molecule has 4 nitrogen and oxygen atoms in total. The van der Waals surface area contributed by atoms with Gasteiger partial charge in [-0.1, -0.05) is 12.1 Å². The zero-order valence-corrected chi connectivity index (χ0v) is 10.4. The summed E-state index contributed by atoms with van der Waals surface area (Å²) in [7, 11) is 2.17. The highest BCUT2D eigenvalue weighted by Gasteiger charge is 2.13. The summed E-state index contributed by atoms with van der Waals surface area (Å²) in [6, 6.07) is 7.65. The van der Waals surface area contributed by atoms with E-state index in [9.17, 15) is 0 Å². The molecular weight excluding hydrogens is 214 g/mol. The van der Waals surface area contributed by atoms with Gasteiger partial charge in [0.05, 0.1) is 5.69 Å². The van der Waals surface area contributed by atoms with Crippen molar-refractivity contribution in [2.75, 3.05) is 52.1 Å². The van der Waals surface area contributed by atoms with Crippen LogP contribution in [0.5, 0.6) is 5.75 Å². The molecule has 1 aliphatic rings. The molecule has 4 heteroatoms. The molecule has 0 spiro atoms. The van der Waals surface area contributed by atoms with Gasteiger partial charge in [-0.3, -0.25) is 4.90 Å². The highest BCUT2D eigenvalue weighted by molar-refractivity contribution is 5.51. The standard InChI is InChI=1S/C13H21N3O/c1-15-6-8-16(9-7-15)10-11-17-13-5-3-2-4-12(13)14/h2-5H,6-11,14H2,1H3. The van der Waals surface area contributed by atoms with E-state index in [1.807, 2.05) is 24.3 Å². The fourth-order valence-corrected chi connectivity index (χ4v) is 1.97. The number of rotatable bonds is 4. The van der Waals surface area contributed by atoms with Crippen LogP contribution >= 0.6 is 0 Å². The smallest absolute Gasteiger partial charge is 0.142 e. The number of hydrogen-bond acceptors (Lipinski definition) is 4. The van der Waals surface area contributed by atoms with E-state index in [0.29, 0.717) is 12.3 Å². The molecule has 0 aliphatic carbocycles. The zero-order chi connectivity index (χ0) is 12.1. The third-order valence-electron chi connectivity index (χ3n) is 3.18. The Balaban J connectivity index is 1.71. The molecule has 0 bridgehead atoms. The van der Waals surface area contributed by atoms with Gasteiger partial charge in [-0.25, -0.2) is 0 Å². The molecule has 0 saturated carbocycles. The van der Waals surface area contributed by atoms with Crippen molar-refractivity contribution in [3.63, 3.8) is 0 Å². The van der Waals surface area contributed by atoms with E-state index in [0.717, 1.165) is 38.5 Å². The Labute approximate surface area is 103 Å². The lowest BCUT2D eigenvalue weighted by atomic mass is 10.3. The van der Waals surface area contributed by atoms with Crippen molar-refractivity contribution in [1.82, 2.24) is 9.80 Å². The zero-order valence-electron chi connectivity index (χ0n) is 10.4. The highest BCUT2D eigenvalue weighted by atomic mass is 16.5. The lowest BCUT2D eigenvalue weighted by Gasteiger charge is -2.32. The second-order valence-electron chi connectivity index (χ2n) is 4.53. The predicted octanol–water partition coefficient (Wildman–Crippen LogP) is 0.895. The summed E-state index contributed by atoms with van der Waals surface area (Å²) in [6.45, 7) is 6.23. The number of piperazine rings is 1. The fraction of sp³-hybridized carbons (Fsp3) is 0.538. The summed E-state index contributed by atoms with van der Waals surface area (Å²) in [6.07, 6.45) is 0. The summed E-state index contributed by atoms with van der Waals surface area (Å²) in [5.74, 6) is 0.793. The van der Waals surface area contributed by atoms with Crippen LogP contribution in [0.3, 0.4) is 0 Å². The molecule has 1 aromatic rings. The van der Waals surface area contributed by atoms with Gasteiger partial charge >= 0.3 is 0 Å². The molecule has 1 fully saturated rings. The van der Waals surface area contributed by atoms with Gasteiger partial charge in [0, 0.05) is 32.7 Å². The summed E-state index contributed by atoms with van der Waals surface area (Å²) in [5.41, 5.74) is 6.53. The molecule has 0 radical (unpaired) electrons. The Morgan fingerprint density at radius 2 is 1.88 bits per heavy atom. The molecule has 17 heavy (non-hydrogen) atoms. The largest absolute Gasteiger partial charge is 0.490 e. The van der Waals surface area contributed by atoms with Gasteiger partial charge in [0.2, 0.25) is 0 Å². The Morgan fingerprint density at radius 1 is 1.18 bits per heavy atom. The molecule has 0 atom stereocenters. The number of ether oxygens (including phenoxy) is 1. The van der Waals surface area contributed by atoms with Gasteiger partial charge < -0.3 is 15.4 Å². The molecule has 0 amide bonds. The van der Waals surface area contributed by atoms with E-state index in [-0.39, 0.29) is 0 Å². The average molecular weight is 235 g/mol. The molecule has 0 unspecified atom stereocenters. The van der Waals surface area contributed by atoms with Crippen molar-refractivity contribution in [2.24, 2.45) is 0 Å². The van der Waals surface area contributed by atoms with Crippen LogP contribution in [0.4, 0.5) is 5.69 Å². The summed E-state index contributed by atoms with van der Waals surface area (Å²) >= 11 is 0. The van der Waals surface area contributed by atoms with Gasteiger partial charge in [-0.2, -0.15) is 0 Å². The predicted molar refractivity (Wildman–Crippen MR) is 70.3 cm³/mol. The van der Waals surface area contributed by atoms with Crippen molar-refractivity contribution >= 4 is 5.69 Å². The van der Waals surface area contributed by atoms with Crippen molar-refractivity contribution in [2.45, 2.75) is 0 Å². The SMILES string of the molecule is CN1CCN(CCOc2ccccc2N)CC1. The summed E-state index contributed by atoms with van der Waals surface area (Å²) < 4.78 is 5.69. The minimum atomic E-state index is 0.706. The van der Waals surface area contributed by atoms with E-state index in [2.05, 4.69) is 16.8 Å². The number of benzene rings is 1. The summed E-state index contributed by atoms with van der Waals surface area (Å²) in [5, 5.41) is 0. The maximum absolute atomic E-state index is 5.81. The van der Waals surface area contributed by atoms with E-state index >= 15 is 0 Å². The maximum atomic E-state index is 5.81. The van der Waals surface area contributed by atoms with Crippen molar-refractivity contribution in [3.8, 4) is 5.75 Å². The van der Waals surface area contributed by atoms with Crippen molar-refractivity contribution in [3.05, 3.63) is 24.3 Å². The van der Waals surface area contributed by atoms with Crippen LogP contribution in [-0.4, -0.2) is 56.2 Å². The Hall–Kier alpha value is -1.26. The van der Waals surface area contributed by atoms with Crippen LogP contribution in [0.1, 0.15) is 0 Å². The third-order valence-corrected chi connectivity index (χ3v) is 3.18. The van der Waals surface area contributed by atoms with E-state index < -0.39 is 0 Å². The second kappa shape index (κ2) is 5.89. The van der Waals surface area contributed by atoms with Crippen LogP contribution in [0.2, 0.25) is 0 Å². The Kier molecular flexibility index (Phi) is 4.23.